The van der Waals surface area contributed by atoms with E-state index in [2.05, 4.69) is 10.4 Å². The van der Waals surface area contributed by atoms with E-state index in [1.165, 1.54) is 5.01 Å². The Hall–Kier alpha value is -3.39. The number of esters is 2. The van der Waals surface area contributed by atoms with Crippen molar-refractivity contribution in [2.75, 3.05) is 25.0 Å². The highest BCUT2D eigenvalue weighted by molar-refractivity contribution is 6.30. The number of nitrogens with one attached hydrogen (secondary N) is 1. The molecule has 1 heterocycles. The van der Waals surface area contributed by atoms with Crippen molar-refractivity contribution in [3.63, 3.8) is 0 Å². The average Bonchev–Trinajstić information content (AvgIpc) is 3.11. The number of nitrogens with zero attached hydrogens (tertiary/aromatic N) is 2. The van der Waals surface area contributed by atoms with E-state index in [9.17, 15) is 14.4 Å². The smallest absolute Gasteiger partial charge is 0.338 e. The van der Waals surface area contributed by atoms with Crippen LogP contribution in [0.25, 0.3) is 0 Å². The van der Waals surface area contributed by atoms with Crippen molar-refractivity contribution in [1.29, 1.82) is 0 Å². The fourth-order valence-corrected chi connectivity index (χ4v) is 3.75. The average molecular weight is 486 g/mol. The zero-order valence-electron chi connectivity index (χ0n) is 19.6. The predicted octanol–water partition coefficient (Wildman–Crippen LogP) is 4.13. The van der Waals surface area contributed by atoms with Gasteiger partial charge in [-0.15, -0.1) is 0 Å². The summed E-state index contributed by atoms with van der Waals surface area (Å²) in [5, 5.41) is 9.45. The van der Waals surface area contributed by atoms with Crippen LogP contribution in [0.5, 0.6) is 0 Å². The fraction of sp³-hybridized carbons (Fsp3) is 0.360. The maximum atomic E-state index is 12.8. The highest BCUT2D eigenvalue weighted by atomic mass is 35.5. The Morgan fingerprint density at radius 2 is 1.88 bits per heavy atom. The lowest BCUT2D eigenvalue weighted by atomic mass is 9.82. The molecule has 2 aromatic carbocycles. The van der Waals surface area contributed by atoms with Crippen LogP contribution >= 0.6 is 11.6 Å². The molecule has 0 bridgehead atoms. The van der Waals surface area contributed by atoms with Crippen molar-refractivity contribution < 1.29 is 23.9 Å². The maximum absolute atomic E-state index is 12.8. The number of ether oxygens (including phenoxy) is 2. The van der Waals surface area contributed by atoms with Crippen molar-refractivity contribution in [3.8, 4) is 0 Å². The topological polar surface area (TPSA) is 97.3 Å². The van der Waals surface area contributed by atoms with Crippen LogP contribution in [0.3, 0.4) is 0 Å². The molecular weight excluding hydrogens is 458 g/mol. The van der Waals surface area contributed by atoms with Gasteiger partial charge in [0.1, 0.15) is 12.0 Å². The fourth-order valence-electron chi connectivity index (χ4n) is 3.63. The number of carbonyl (C=O) groups excluding carboxylic acids is 3. The summed E-state index contributed by atoms with van der Waals surface area (Å²) in [6.45, 7) is 7.35. The van der Waals surface area contributed by atoms with Crippen molar-refractivity contribution >= 4 is 40.8 Å². The minimum absolute atomic E-state index is 0.0905. The van der Waals surface area contributed by atoms with E-state index in [0.29, 0.717) is 22.0 Å². The first kappa shape index (κ1) is 25.2. The molecule has 0 saturated carbocycles. The Balaban J connectivity index is 1.76. The molecule has 1 aliphatic heterocycles. The number of anilines is 1. The summed E-state index contributed by atoms with van der Waals surface area (Å²) in [6, 6.07) is 13.5. The zero-order chi connectivity index (χ0) is 24.9. The Bertz CT molecular complexity index is 1100. The molecule has 0 fully saturated rings. The number of rotatable bonds is 8. The molecule has 0 radical (unpaired) electrons. The van der Waals surface area contributed by atoms with E-state index < -0.39 is 17.4 Å². The number of hydrazone groups is 1. The van der Waals surface area contributed by atoms with Gasteiger partial charge in [0.2, 0.25) is 5.91 Å². The molecule has 0 saturated heterocycles. The Morgan fingerprint density at radius 3 is 2.53 bits per heavy atom. The first-order valence-corrected chi connectivity index (χ1v) is 11.4. The summed E-state index contributed by atoms with van der Waals surface area (Å²) in [5.74, 6) is -1.22. The molecule has 9 heteroatoms. The highest BCUT2D eigenvalue weighted by Gasteiger charge is 2.47. The second-order valence-electron chi connectivity index (χ2n) is 8.41. The molecule has 1 aliphatic rings. The largest absolute Gasteiger partial charge is 0.465 e. The molecule has 1 N–H and O–H groups in total. The standard InChI is InChI=1S/C25H28ClN3O5/c1-5-33-24(32)25(4)15-29(28-22(25)17-9-11-19(26)12-10-17)14-21(30)27-20-8-6-7-18(13-20)23(31)34-16(2)3/h6-13,16H,5,14-15H2,1-4H3,(H,27,30). The Labute approximate surface area is 203 Å². The molecule has 1 atom stereocenters. The van der Waals surface area contributed by atoms with Gasteiger partial charge in [0, 0.05) is 10.7 Å². The van der Waals surface area contributed by atoms with Gasteiger partial charge >= 0.3 is 11.9 Å². The molecule has 8 nitrogen and oxygen atoms in total. The highest BCUT2D eigenvalue weighted by Crippen LogP contribution is 2.33. The normalized spacial score (nSPS) is 17.4. The van der Waals surface area contributed by atoms with Crippen LogP contribution in [0.1, 0.15) is 43.6 Å². The van der Waals surface area contributed by atoms with E-state index >= 15 is 0 Å². The number of carbonyl (C=O) groups is 3. The summed E-state index contributed by atoms with van der Waals surface area (Å²) in [7, 11) is 0. The second-order valence-corrected chi connectivity index (χ2v) is 8.85. The van der Waals surface area contributed by atoms with Crippen molar-refractivity contribution in [2.24, 2.45) is 10.5 Å². The third-order valence-corrected chi connectivity index (χ3v) is 5.41. The van der Waals surface area contributed by atoms with Crippen LogP contribution in [0.15, 0.2) is 53.6 Å². The molecule has 0 aromatic heterocycles. The van der Waals surface area contributed by atoms with Crippen LogP contribution in [0.4, 0.5) is 5.69 Å². The van der Waals surface area contributed by atoms with Crippen LogP contribution in [-0.2, 0) is 19.1 Å². The quantitative estimate of drug-likeness (QED) is 0.564. The lowest BCUT2D eigenvalue weighted by Crippen LogP contribution is -2.41. The zero-order valence-corrected chi connectivity index (χ0v) is 20.4. The van der Waals surface area contributed by atoms with Gasteiger partial charge in [0.05, 0.1) is 30.5 Å². The van der Waals surface area contributed by atoms with Gasteiger partial charge in [-0.25, -0.2) is 4.79 Å². The number of hydrogen-bond donors (Lipinski definition) is 1. The number of amides is 1. The number of benzene rings is 2. The molecule has 1 amide bonds. The van der Waals surface area contributed by atoms with Gasteiger partial charge in [0.25, 0.3) is 0 Å². The van der Waals surface area contributed by atoms with Crippen LogP contribution in [0.2, 0.25) is 5.02 Å². The summed E-state index contributed by atoms with van der Waals surface area (Å²) in [4.78, 5) is 37.7. The lowest BCUT2D eigenvalue weighted by Gasteiger charge is -2.24. The van der Waals surface area contributed by atoms with Gasteiger partial charge in [-0.2, -0.15) is 5.10 Å². The number of halogens is 1. The van der Waals surface area contributed by atoms with Gasteiger partial charge in [-0.05, 0) is 63.6 Å². The van der Waals surface area contributed by atoms with Crippen LogP contribution in [-0.4, -0.2) is 54.4 Å². The summed E-state index contributed by atoms with van der Waals surface area (Å²) in [6.07, 6.45) is -0.248. The molecule has 3 rings (SSSR count). The summed E-state index contributed by atoms with van der Waals surface area (Å²) >= 11 is 6.01. The van der Waals surface area contributed by atoms with E-state index in [4.69, 9.17) is 21.1 Å². The van der Waals surface area contributed by atoms with E-state index in [0.717, 1.165) is 5.56 Å². The van der Waals surface area contributed by atoms with Gasteiger partial charge in [-0.1, -0.05) is 29.8 Å². The monoisotopic (exact) mass is 485 g/mol. The van der Waals surface area contributed by atoms with E-state index in [-0.39, 0.29) is 31.7 Å². The summed E-state index contributed by atoms with van der Waals surface area (Å²) < 4.78 is 10.5. The molecule has 34 heavy (non-hydrogen) atoms. The van der Waals surface area contributed by atoms with Crippen LogP contribution in [0, 0.1) is 5.41 Å². The second kappa shape index (κ2) is 10.7. The molecule has 0 aliphatic carbocycles. The maximum Gasteiger partial charge on any atom is 0.338 e. The van der Waals surface area contributed by atoms with Crippen molar-refractivity contribution in [2.45, 2.75) is 33.8 Å². The third kappa shape index (κ3) is 5.94. The third-order valence-electron chi connectivity index (χ3n) is 5.16. The minimum atomic E-state index is -1.05. The number of hydrogen-bond acceptors (Lipinski definition) is 7. The molecule has 1 unspecified atom stereocenters. The van der Waals surface area contributed by atoms with Gasteiger partial charge in [-0.3, -0.25) is 14.6 Å². The van der Waals surface area contributed by atoms with Gasteiger partial charge in [0.15, 0.2) is 0 Å². The van der Waals surface area contributed by atoms with Crippen molar-refractivity contribution in [3.05, 3.63) is 64.7 Å². The van der Waals surface area contributed by atoms with E-state index in [1.54, 1.807) is 76.2 Å². The predicted molar refractivity (Wildman–Crippen MR) is 130 cm³/mol. The SMILES string of the molecule is CCOC(=O)C1(C)CN(CC(=O)Nc2cccc(C(=O)OC(C)C)c2)N=C1c1ccc(Cl)cc1. The Morgan fingerprint density at radius 1 is 1.18 bits per heavy atom. The molecule has 0 spiro atoms. The summed E-state index contributed by atoms with van der Waals surface area (Å²) in [5.41, 5.74) is 0.973. The molecule has 2 aromatic rings. The van der Waals surface area contributed by atoms with Crippen molar-refractivity contribution in [1.82, 2.24) is 5.01 Å². The van der Waals surface area contributed by atoms with Crippen LogP contribution < -0.4 is 5.32 Å². The first-order chi connectivity index (χ1) is 16.1. The minimum Gasteiger partial charge on any atom is -0.465 e. The molecular formula is C25H28ClN3O5. The molecule has 180 valence electrons. The van der Waals surface area contributed by atoms with E-state index in [1.807, 2.05) is 0 Å². The Kier molecular flexibility index (Phi) is 7.94. The first-order valence-electron chi connectivity index (χ1n) is 11.0. The lowest BCUT2D eigenvalue weighted by molar-refractivity contribution is -0.150. The van der Waals surface area contributed by atoms with Gasteiger partial charge < -0.3 is 14.8 Å².